The molecule has 0 aromatic heterocycles. The van der Waals surface area contributed by atoms with Gasteiger partial charge in [-0.05, 0) is 35.9 Å². The van der Waals surface area contributed by atoms with Crippen molar-refractivity contribution in [1.29, 1.82) is 5.26 Å². The molecule has 1 N–H and O–H groups in total. The molecule has 0 heterocycles. The van der Waals surface area contributed by atoms with Crippen LogP contribution in [0.15, 0.2) is 36.4 Å². The van der Waals surface area contributed by atoms with Crippen LogP contribution in [0, 0.1) is 11.3 Å². The Kier molecular flexibility index (Phi) is 4.59. The highest BCUT2D eigenvalue weighted by atomic mass is 35.5. The Bertz CT molecular complexity index is 739. The molecule has 0 spiro atoms. The Morgan fingerprint density at radius 1 is 1.18 bits per heavy atom. The van der Waals surface area contributed by atoms with Crippen LogP contribution in [0.3, 0.4) is 0 Å². The van der Waals surface area contributed by atoms with Crippen LogP contribution in [-0.2, 0) is 12.8 Å². The molecule has 0 fully saturated rings. The monoisotopic (exact) mass is 327 g/mol. The van der Waals surface area contributed by atoms with Gasteiger partial charge in [0.05, 0.1) is 22.8 Å². The lowest BCUT2D eigenvalue weighted by Crippen LogP contribution is -2.06. The molecule has 0 saturated heterocycles. The van der Waals surface area contributed by atoms with Crippen LogP contribution in [-0.4, -0.2) is 5.11 Å². The van der Waals surface area contributed by atoms with Gasteiger partial charge in [-0.3, -0.25) is 0 Å². The summed E-state index contributed by atoms with van der Waals surface area (Å²) in [7, 11) is 0. The zero-order chi connectivity index (χ0) is 16.3. The molecule has 22 heavy (non-hydrogen) atoms. The molecule has 0 aliphatic rings. The molecule has 0 unspecified atom stereocenters. The van der Waals surface area contributed by atoms with Crippen LogP contribution in [0.2, 0.25) is 5.02 Å². The van der Waals surface area contributed by atoms with Gasteiger partial charge in [0.15, 0.2) is 0 Å². The van der Waals surface area contributed by atoms with E-state index in [1.54, 1.807) is 0 Å². The molecular formula is C15H9ClF3NO2. The van der Waals surface area contributed by atoms with Gasteiger partial charge in [0.25, 0.3) is 0 Å². The van der Waals surface area contributed by atoms with Gasteiger partial charge in [0.2, 0.25) is 0 Å². The first-order chi connectivity index (χ1) is 10.3. The van der Waals surface area contributed by atoms with Gasteiger partial charge in [-0.25, -0.2) is 0 Å². The van der Waals surface area contributed by atoms with E-state index in [1.807, 2.05) is 6.07 Å². The van der Waals surface area contributed by atoms with Gasteiger partial charge in [-0.15, -0.1) is 0 Å². The summed E-state index contributed by atoms with van der Waals surface area (Å²) >= 11 is 5.53. The lowest BCUT2D eigenvalue weighted by Gasteiger charge is -2.13. The normalized spacial score (nSPS) is 11.1. The average Bonchev–Trinajstić information content (AvgIpc) is 2.48. The number of aliphatic hydroxyl groups is 1. The van der Waals surface area contributed by atoms with Gasteiger partial charge in [-0.2, -0.15) is 18.4 Å². The van der Waals surface area contributed by atoms with E-state index in [0.717, 1.165) is 12.1 Å². The van der Waals surface area contributed by atoms with Crippen molar-refractivity contribution in [3.05, 3.63) is 58.1 Å². The zero-order valence-corrected chi connectivity index (χ0v) is 11.7. The van der Waals surface area contributed by atoms with Crippen molar-refractivity contribution in [2.45, 2.75) is 12.8 Å². The summed E-state index contributed by atoms with van der Waals surface area (Å²) in [4.78, 5) is 0. The molecule has 7 heteroatoms. The number of nitriles is 1. The average molecular weight is 328 g/mol. The Balaban J connectivity index is 2.42. The fourth-order valence-corrected chi connectivity index (χ4v) is 1.98. The highest BCUT2D eigenvalue weighted by molar-refractivity contribution is 6.31. The van der Waals surface area contributed by atoms with Crippen molar-refractivity contribution in [2.24, 2.45) is 0 Å². The van der Waals surface area contributed by atoms with Gasteiger partial charge in [0, 0.05) is 0 Å². The molecule has 0 aliphatic carbocycles. The summed E-state index contributed by atoms with van der Waals surface area (Å²) in [6, 6.07) is 9.30. The number of hydrogen-bond acceptors (Lipinski definition) is 3. The molecule has 3 nitrogen and oxygen atoms in total. The first kappa shape index (κ1) is 16.1. The summed E-state index contributed by atoms with van der Waals surface area (Å²) in [6.45, 7) is -0.281. The molecule has 0 saturated carbocycles. The van der Waals surface area contributed by atoms with Gasteiger partial charge >= 0.3 is 6.18 Å². The second kappa shape index (κ2) is 6.26. The standard InChI is InChI=1S/C15H9ClF3NO2/c16-13-4-3-11(6-12(13)15(17,18)19)22-14-5-9(8-21)1-2-10(14)7-20/h1-6,21H,8H2. The Morgan fingerprint density at radius 2 is 1.91 bits per heavy atom. The Labute approximate surface area is 129 Å². The van der Waals surface area contributed by atoms with E-state index in [4.69, 9.17) is 26.7 Å². The van der Waals surface area contributed by atoms with Gasteiger partial charge < -0.3 is 9.84 Å². The lowest BCUT2D eigenvalue weighted by molar-refractivity contribution is -0.137. The maximum absolute atomic E-state index is 12.8. The summed E-state index contributed by atoms with van der Waals surface area (Å²) in [5, 5.41) is 17.6. The summed E-state index contributed by atoms with van der Waals surface area (Å²) < 4.78 is 43.8. The smallest absolute Gasteiger partial charge is 0.417 e. The van der Waals surface area contributed by atoms with E-state index in [1.165, 1.54) is 24.3 Å². The highest BCUT2D eigenvalue weighted by Gasteiger charge is 2.33. The van der Waals surface area contributed by atoms with Gasteiger partial charge in [-0.1, -0.05) is 17.7 Å². The fourth-order valence-electron chi connectivity index (χ4n) is 1.75. The third kappa shape index (κ3) is 3.50. The van der Waals surface area contributed by atoms with E-state index in [2.05, 4.69) is 0 Å². The van der Waals surface area contributed by atoms with E-state index in [9.17, 15) is 13.2 Å². The van der Waals surface area contributed by atoms with Crippen molar-refractivity contribution in [2.75, 3.05) is 0 Å². The van der Waals surface area contributed by atoms with Gasteiger partial charge in [0.1, 0.15) is 17.6 Å². The summed E-state index contributed by atoms with van der Waals surface area (Å²) in [6.07, 6.45) is -4.61. The minimum absolute atomic E-state index is 0.0597. The van der Waals surface area contributed by atoms with Crippen LogP contribution < -0.4 is 4.74 Å². The minimum atomic E-state index is -4.61. The number of rotatable bonds is 3. The molecule has 2 aromatic carbocycles. The maximum Gasteiger partial charge on any atom is 0.417 e. The van der Waals surface area contributed by atoms with Crippen LogP contribution in [0.5, 0.6) is 11.5 Å². The minimum Gasteiger partial charge on any atom is -0.456 e. The molecule has 2 rings (SSSR count). The molecular weight excluding hydrogens is 319 g/mol. The van der Waals surface area contributed by atoms with Crippen LogP contribution in [0.4, 0.5) is 13.2 Å². The van der Waals surface area contributed by atoms with Crippen LogP contribution in [0.1, 0.15) is 16.7 Å². The number of hydrogen-bond donors (Lipinski definition) is 1. The molecule has 2 aromatic rings. The summed E-state index contributed by atoms with van der Waals surface area (Å²) in [5.74, 6) is -0.0483. The Hall–Kier alpha value is -2.23. The van der Waals surface area contributed by atoms with Crippen molar-refractivity contribution in [3.63, 3.8) is 0 Å². The molecule has 0 radical (unpaired) electrons. The van der Waals surface area contributed by atoms with E-state index >= 15 is 0 Å². The predicted molar refractivity (Wildman–Crippen MR) is 73.6 cm³/mol. The third-order valence-corrected chi connectivity index (χ3v) is 3.15. The molecule has 114 valence electrons. The molecule has 0 atom stereocenters. The first-order valence-electron chi connectivity index (χ1n) is 6.03. The fraction of sp³-hybridized carbons (Fsp3) is 0.133. The second-order valence-corrected chi connectivity index (χ2v) is 4.75. The largest absolute Gasteiger partial charge is 0.456 e. The SMILES string of the molecule is N#Cc1ccc(CO)cc1Oc1ccc(Cl)c(C(F)(F)F)c1. The predicted octanol–water partition coefficient (Wildman–Crippen LogP) is 4.52. The number of aliphatic hydroxyl groups excluding tert-OH is 1. The maximum atomic E-state index is 12.8. The molecule has 0 aliphatic heterocycles. The second-order valence-electron chi connectivity index (χ2n) is 4.34. The Morgan fingerprint density at radius 3 is 2.50 bits per heavy atom. The zero-order valence-electron chi connectivity index (χ0n) is 11.0. The van der Waals surface area contributed by atoms with E-state index in [0.29, 0.717) is 5.56 Å². The summed E-state index contributed by atoms with van der Waals surface area (Å²) in [5.41, 5.74) is -0.414. The third-order valence-electron chi connectivity index (χ3n) is 2.82. The number of alkyl halides is 3. The van der Waals surface area contributed by atoms with E-state index < -0.39 is 16.8 Å². The number of benzene rings is 2. The molecule has 0 amide bonds. The van der Waals surface area contributed by atoms with Crippen molar-refractivity contribution >= 4 is 11.6 Å². The van der Waals surface area contributed by atoms with Crippen LogP contribution >= 0.6 is 11.6 Å². The van der Waals surface area contributed by atoms with Crippen molar-refractivity contribution in [3.8, 4) is 17.6 Å². The van der Waals surface area contributed by atoms with Crippen LogP contribution in [0.25, 0.3) is 0 Å². The van der Waals surface area contributed by atoms with Crippen molar-refractivity contribution < 1.29 is 23.0 Å². The molecule has 0 bridgehead atoms. The number of ether oxygens (including phenoxy) is 1. The number of halogens is 4. The number of nitrogens with zero attached hydrogens (tertiary/aromatic N) is 1. The quantitative estimate of drug-likeness (QED) is 0.902. The first-order valence-corrected chi connectivity index (χ1v) is 6.41. The van der Waals surface area contributed by atoms with Crippen molar-refractivity contribution in [1.82, 2.24) is 0 Å². The topological polar surface area (TPSA) is 53.2 Å². The highest BCUT2D eigenvalue weighted by Crippen LogP contribution is 2.38. The lowest BCUT2D eigenvalue weighted by atomic mass is 10.1. The van der Waals surface area contributed by atoms with E-state index in [-0.39, 0.29) is 23.7 Å².